The number of nitrogens with zero attached hydrogens (tertiary/aromatic N) is 2. The Morgan fingerprint density at radius 3 is 2.50 bits per heavy atom. The average Bonchev–Trinajstić information content (AvgIpc) is 2.53. The van der Waals surface area contributed by atoms with E-state index in [1.807, 2.05) is 36.4 Å². The summed E-state index contributed by atoms with van der Waals surface area (Å²) >= 11 is 0. The lowest BCUT2D eigenvalue weighted by Gasteiger charge is -2.13. The molecule has 1 aromatic carbocycles. The Morgan fingerprint density at radius 1 is 0.850 bits per heavy atom. The van der Waals surface area contributed by atoms with Crippen molar-refractivity contribution < 1.29 is 9.47 Å². The molecule has 0 spiro atoms. The van der Waals surface area contributed by atoms with Crippen molar-refractivity contribution in [2.24, 2.45) is 0 Å². The van der Waals surface area contributed by atoms with E-state index in [0.717, 1.165) is 27.8 Å². The van der Waals surface area contributed by atoms with Gasteiger partial charge < -0.3 is 9.47 Å². The van der Waals surface area contributed by atoms with E-state index in [4.69, 9.17) is 9.47 Å². The predicted molar refractivity (Wildman–Crippen MR) is 78.1 cm³/mol. The first kappa shape index (κ1) is 12.4. The van der Waals surface area contributed by atoms with Crippen LogP contribution in [0.4, 0.5) is 0 Å². The highest BCUT2D eigenvalue weighted by Gasteiger charge is 2.16. The van der Waals surface area contributed by atoms with Gasteiger partial charge in [0, 0.05) is 23.3 Å². The van der Waals surface area contributed by atoms with Crippen LogP contribution in [0.5, 0.6) is 11.6 Å². The Morgan fingerprint density at radius 2 is 1.70 bits per heavy atom. The molecule has 2 aromatic heterocycles. The molecule has 0 atom stereocenters. The summed E-state index contributed by atoms with van der Waals surface area (Å²) in [5.41, 5.74) is 2.67. The molecule has 0 N–H and O–H groups in total. The zero-order chi connectivity index (χ0) is 13.9. The second-order valence-electron chi connectivity index (χ2n) is 4.28. The molecule has 0 bridgehead atoms. The van der Waals surface area contributed by atoms with Crippen LogP contribution in [0.25, 0.3) is 22.0 Å². The van der Waals surface area contributed by atoms with Crippen LogP contribution in [0.3, 0.4) is 0 Å². The number of benzene rings is 1. The zero-order valence-electron chi connectivity index (χ0n) is 11.3. The number of para-hydroxylation sites is 1. The lowest BCUT2D eigenvalue weighted by atomic mass is 10.0. The molecule has 20 heavy (non-hydrogen) atoms. The van der Waals surface area contributed by atoms with Crippen LogP contribution >= 0.6 is 0 Å². The summed E-state index contributed by atoms with van der Waals surface area (Å²) in [6.07, 6.45) is 3.45. The predicted octanol–water partition coefficient (Wildman–Crippen LogP) is 3.31. The summed E-state index contributed by atoms with van der Waals surface area (Å²) in [5.74, 6) is 1.25. The van der Waals surface area contributed by atoms with Crippen LogP contribution in [0.2, 0.25) is 0 Å². The molecule has 0 aliphatic heterocycles. The van der Waals surface area contributed by atoms with E-state index >= 15 is 0 Å². The van der Waals surface area contributed by atoms with Gasteiger partial charge in [-0.2, -0.15) is 0 Å². The van der Waals surface area contributed by atoms with Gasteiger partial charge in [0.15, 0.2) is 0 Å². The summed E-state index contributed by atoms with van der Waals surface area (Å²) in [4.78, 5) is 8.73. The molecule has 0 saturated heterocycles. The second kappa shape index (κ2) is 5.17. The largest absolute Gasteiger partial charge is 0.496 e. The number of methoxy groups -OCH3 is 2. The molecule has 0 aliphatic carbocycles. The van der Waals surface area contributed by atoms with Gasteiger partial charge in [-0.05, 0) is 12.1 Å². The van der Waals surface area contributed by atoms with Crippen molar-refractivity contribution in [1.29, 1.82) is 0 Å². The van der Waals surface area contributed by atoms with Gasteiger partial charge >= 0.3 is 0 Å². The Kier molecular flexibility index (Phi) is 3.21. The normalized spacial score (nSPS) is 10.5. The number of fused-ring (bicyclic) bond motifs is 1. The first-order chi connectivity index (χ1) is 9.85. The van der Waals surface area contributed by atoms with Gasteiger partial charge in [0.1, 0.15) is 5.75 Å². The number of aromatic nitrogens is 2. The monoisotopic (exact) mass is 266 g/mol. The maximum Gasteiger partial charge on any atom is 0.224 e. The van der Waals surface area contributed by atoms with E-state index in [2.05, 4.69) is 9.97 Å². The summed E-state index contributed by atoms with van der Waals surface area (Å²) in [6, 6.07) is 11.8. The molecule has 0 aliphatic rings. The summed E-state index contributed by atoms with van der Waals surface area (Å²) in [6.45, 7) is 0. The molecule has 4 nitrogen and oxygen atoms in total. The zero-order valence-corrected chi connectivity index (χ0v) is 11.3. The molecule has 0 saturated carbocycles. The Labute approximate surface area is 117 Å². The van der Waals surface area contributed by atoms with E-state index in [1.54, 1.807) is 26.6 Å². The Hall–Kier alpha value is -2.62. The standard InChI is InChI=1S/C16H14N2O2/c1-19-13-8-10-18-16(20-2)14(13)12-7-3-5-11-6-4-9-17-15(11)12/h3-10H,1-2H3. The van der Waals surface area contributed by atoms with Crippen molar-refractivity contribution in [3.63, 3.8) is 0 Å². The number of hydrogen-bond donors (Lipinski definition) is 0. The molecule has 2 heterocycles. The summed E-state index contributed by atoms with van der Waals surface area (Å²) in [7, 11) is 3.24. The fraction of sp³-hybridized carbons (Fsp3) is 0.125. The maximum atomic E-state index is 5.44. The molecule has 100 valence electrons. The minimum atomic E-state index is 0.530. The topological polar surface area (TPSA) is 44.2 Å². The molecule has 0 fully saturated rings. The van der Waals surface area contributed by atoms with Crippen molar-refractivity contribution in [2.45, 2.75) is 0 Å². The van der Waals surface area contributed by atoms with Gasteiger partial charge in [0.05, 0.1) is 25.3 Å². The van der Waals surface area contributed by atoms with Crippen molar-refractivity contribution in [3.05, 3.63) is 48.8 Å². The second-order valence-corrected chi connectivity index (χ2v) is 4.28. The van der Waals surface area contributed by atoms with E-state index in [-0.39, 0.29) is 0 Å². The van der Waals surface area contributed by atoms with E-state index in [1.165, 1.54) is 0 Å². The third-order valence-corrected chi connectivity index (χ3v) is 3.19. The smallest absolute Gasteiger partial charge is 0.224 e. The van der Waals surface area contributed by atoms with Crippen molar-refractivity contribution in [1.82, 2.24) is 9.97 Å². The first-order valence-corrected chi connectivity index (χ1v) is 6.26. The molecule has 3 rings (SSSR count). The fourth-order valence-corrected chi connectivity index (χ4v) is 2.30. The molecule has 0 unspecified atom stereocenters. The third-order valence-electron chi connectivity index (χ3n) is 3.19. The molecular weight excluding hydrogens is 252 g/mol. The van der Waals surface area contributed by atoms with E-state index in [9.17, 15) is 0 Å². The lowest BCUT2D eigenvalue weighted by Crippen LogP contribution is -1.96. The van der Waals surface area contributed by atoms with E-state index in [0.29, 0.717) is 5.88 Å². The van der Waals surface area contributed by atoms with E-state index < -0.39 is 0 Å². The van der Waals surface area contributed by atoms with Crippen molar-refractivity contribution in [3.8, 4) is 22.8 Å². The van der Waals surface area contributed by atoms with Crippen LogP contribution in [-0.2, 0) is 0 Å². The molecule has 0 amide bonds. The highest BCUT2D eigenvalue weighted by molar-refractivity contribution is 5.96. The van der Waals surface area contributed by atoms with Gasteiger partial charge in [0.2, 0.25) is 5.88 Å². The lowest BCUT2D eigenvalue weighted by molar-refractivity contribution is 0.385. The van der Waals surface area contributed by atoms with Crippen LogP contribution in [0, 0.1) is 0 Å². The van der Waals surface area contributed by atoms with Gasteiger partial charge in [-0.3, -0.25) is 4.98 Å². The van der Waals surface area contributed by atoms with Crippen LogP contribution in [0.15, 0.2) is 48.8 Å². The molecular formula is C16H14N2O2. The van der Waals surface area contributed by atoms with Gasteiger partial charge in [-0.1, -0.05) is 24.3 Å². The van der Waals surface area contributed by atoms with Crippen LogP contribution in [0.1, 0.15) is 0 Å². The maximum absolute atomic E-state index is 5.44. The molecule has 0 radical (unpaired) electrons. The summed E-state index contributed by atoms with van der Waals surface area (Å²) in [5, 5.41) is 1.07. The number of rotatable bonds is 3. The van der Waals surface area contributed by atoms with Gasteiger partial charge in [-0.25, -0.2) is 4.98 Å². The summed E-state index contributed by atoms with van der Waals surface area (Å²) < 4.78 is 10.8. The highest BCUT2D eigenvalue weighted by Crippen LogP contribution is 2.39. The fourth-order valence-electron chi connectivity index (χ4n) is 2.30. The van der Waals surface area contributed by atoms with Crippen molar-refractivity contribution >= 4 is 10.9 Å². The quantitative estimate of drug-likeness (QED) is 0.729. The number of hydrogen-bond acceptors (Lipinski definition) is 4. The minimum Gasteiger partial charge on any atom is -0.496 e. The molecule has 3 aromatic rings. The van der Waals surface area contributed by atoms with Crippen LogP contribution < -0.4 is 9.47 Å². The number of pyridine rings is 2. The minimum absolute atomic E-state index is 0.530. The van der Waals surface area contributed by atoms with Crippen LogP contribution in [-0.4, -0.2) is 24.2 Å². The first-order valence-electron chi connectivity index (χ1n) is 6.26. The van der Waals surface area contributed by atoms with Crippen molar-refractivity contribution in [2.75, 3.05) is 14.2 Å². The highest BCUT2D eigenvalue weighted by atomic mass is 16.5. The Balaban J connectivity index is 2.36. The Bertz CT molecular complexity index is 729. The van der Waals surface area contributed by atoms with Gasteiger partial charge in [-0.15, -0.1) is 0 Å². The molecule has 4 heteroatoms. The number of ether oxygens (including phenoxy) is 2. The average molecular weight is 266 g/mol. The third kappa shape index (κ3) is 1.95. The SMILES string of the molecule is COc1ccnc(OC)c1-c1cccc2cccnc12. The van der Waals surface area contributed by atoms with Gasteiger partial charge in [0.25, 0.3) is 0 Å².